The van der Waals surface area contributed by atoms with Crippen LogP contribution in [-0.2, 0) is 16.1 Å². The van der Waals surface area contributed by atoms with E-state index < -0.39 is 11.7 Å². The van der Waals surface area contributed by atoms with Crippen molar-refractivity contribution in [1.82, 2.24) is 15.3 Å². The summed E-state index contributed by atoms with van der Waals surface area (Å²) in [6, 6.07) is 10.1. The molecule has 0 aliphatic rings. The second kappa shape index (κ2) is 12.8. The van der Waals surface area contributed by atoms with Gasteiger partial charge >= 0.3 is 6.09 Å². The molecule has 0 spiro atoms. The minimum absolute atomic E-state index is 0.460. The van der Waals surface area contributed by atoms with Gasteiger partial charge in [-0.3, -0.25) is 0 Å². The second-order valence-corrected chi connectivity index (χ2v) is 8.15. The Morgan fingerprint density at radius 1 is 1.16 bits per heavy atom. The summed E-state index contributed by atoms with van der Waals surface area (Å²) in [6.45, 7) is 12.1. The summed E-state index contributed by atoms with van der Waals surface area (Å²) in [5.74, 6) is 0.859. The number of amides is 1. The average Bonchev–Trinajstić information content (AvgIpc) is 2.72. The Bertz CT molecular complexity index is 777. The quantitative estimate of drug-likeness (QED) is 0.283. The van der Waals surface area contributed by atoms with E-state index in [4.69, 9.17) is 9.47 Å². The molecule has 0 atom stereocenters. The van der Waals surface area contributed by atoms with Crippen LogP contribution < -0.4 is 5.43 Å². The molecule has 0 aliphatic heterocycles. The first-order valence-corrected chi connectivity index (χ1v) is 10.8. The number of hydrogen-bond acceptors (Lipinski definition) is 5. The lowest BCUT2D eigenvalue weighted by Gasteiger charge is -2.30. The van der Waals surface area contributed by atoms with E-state index in [0.29, 0.717) is 12.3 Å². The number of hydrogen-bond donors (Lipinski definition) is 1. The van der Waals surface area contributed by atoms with E-state index in [1.165, 1.54) is 5.01 Å². The van der Waals surface area contributed by atoms with Gasteiger partial charge in [0.2, 0.25) is 0 Å². The fourth-order valence-corrected chi connectivity index (χ4v) is 2.68. The Morgan fingerprint density at radius 2 is 1.81 bits per heavy atom. The predicted octanol–water partition coefficient (Wildman–Crippen LogP) is 5.96. The van der Waals surface area contributed by atoms with E-state index in [2.05, 4.69) is 19.3 Å². The summed E-state index contributed by atoms with van der Waals surface area (Å²) in [7, 11) is 3.65. The molecular formula is C25H39N3O3. The highest BCUT2D eigenvalue weighted by Gasteiger charge is 2.25. The monoisotopic (exact) mass is 429 g/mol. The van der Waals surface area contributed by atoms with Crippen LogP contribution in [0.3, 0.4) is 0 Å². The van der Waals surface area contributed by atoms with Crippen LogP contribution in [0.4, 0.5) is 4.79 Å². The first-order chi connectivity index (χ1) is 14.6. The number of ether oxygens (including phenoxy) is 2. The minimum atomic E-state index is -0.591. The maximum atomic E-state index is 12.8. The van der Waals surface area contributed by atoms with Crippen LogP contribution in [0.2, 0.25) is 0 Å². The van der Waals surface area contributed by atoms with Crippen molar-refractivity contribution in [3.63, 3.8) is 0 Å². The predicted molar refractivity (Wildman–Crippen MR) is 127 cm³/mol. The van der Waals surface area contributed by atoms with Crippen molar-refractivity contribution in [1.29, 1.82) is 0 Å². The van der Waals surface area contributed by atoms with E-state index >= 15 is 0 Å². The van der Waals surface area contributed by atoms with Crippen molar-refractivity contribution in [2.24, 2.45) is 0 Å². The largest absolute Gasteiger partial charge is 0.492 e. The molecule has 6 heteroatoms. The molecule has 1 N–H and O–H groups in total. The molecule has 0 heterocycles. The van der Waals surface area contributed by atoms with E-state index in [9.17, 15) is 4.79 Å². The molecule has 6 nitrogen and oxygen atoms in total. The smallest absolute Gasteiger partial charge is 0.429 e. The highest BCUT2D eigenvalue weighted by molar-refractivity contribution is 5.70. The lowest BCUT2D eigenvalue weighted by atomic mass is 10.2. The van der Waals surface area contributed by atoms with Gasteiger partial charge < -0.3 is 14.4 Å². The minimum Gasteiger partial charge on any atom is -0.492 e. The summed E-state index contributed by atoms with van der Waals surface area (Å²) in [6.07, 6.45) is 7.04. The van der Waals surface area contributed by atoms with Gasteiger partial charge in [-0.1, -0.05) is 50.3 Å². The Morgan fingerprint density at radius 3 is 2.32 bits per heavy atom. The third kappa shape index (κ3) is 9.30. The summed E-state index contributed by atoms with van der Waals surface area (Å²) in [5, 5.41) is 1.42. The van der Waals surface area contributed by atoms with E-state index in [-0.39, 0.29) is 0 Å². The maximum Gasteiger partial charge on any atom is 0.429 e. The zero-order valence-corrected chi connectivity index (χ0v) is 20.4. The molecule has 0 saturated heterocycles. The van der Waals surface area contributed by atoms with Crippen LogP contribution >= 0.6 is 0 Å². The molecule has 0 aliphatic carbocycles. The van der Waals surface area contributed by atoms with E-state index in [0.717, 1.165) is 29.9 Å². The van der Waals surface area contributed by atoms with Crippen LogP contribution in [0.5, 0.6) is 0 Å². The van der Waals surface area contributed by atoms with Gasteiger partial charge in [-0.05, 0) is 45.8 Å². The number of carbonyl (C=O) groups excluding carboxylic acids is 1. The van der Waals surface area contributed by atoms with Crippen molar-refractivity contribution in [2.75, 3.05) is 14.1 Å². The SMILES string of the molecule is CC/C=C\C(=C(\C)N(C)/C=C(\CC)OCc1ccccc1)N(NC)C(=O)OC(C)(C)C. The highest BCUT2D eigenvalue weighted by atomic mass is 16.6. The molecular weight excluding hydrogens is 390 g/mol. The van der Waals surface area contributed by atoms with Crippen molar-refractivity contribution in [3.05, 3.63) is 71.4 Å². The zero-order chi connectivity index (χ0) is 23.4. The molecule has 0 saturated carbocycles. The maximum absolute atomic E-state index is 12.8. The fourth-order valence-electron chi connectivity index (χ4n) is 2.68. The molecule has 172 valence electrons. The fraction of sp³-hybridized carbons (Fsp3) is 0.480. The van der Waals surface area contributed by atoms with Crippen LogP contribution in [0, 0.1) is 0 Å². The summed E-state index contributed by atoms with van der Waals surface area (Å²) < 4.78 is 11.6. The Hall–Kier alpha value is -2.73. The van der Waals surface area contributed by atoms with E-state index in [1.54, 1.807) is 7.05 Å². The summed E-state index contributed by atoms with van der Waals surface area (Å²) in [4.78, 5) is 14.7. The van der Waals surface area contributed by atoms with Crippen molar-refractivity contribution >= 4 is 6.09 Å². The van der Waals surface area contributed by atoms with Gasteiger partial charge in [0.15, 0.2) is 0 Å². The van der Waals surface area contributed by atoms with Crippen molar-refractivity contribution < 1.29 is 14.3 Å². The topological polar surface area (TPSA) is 54.0 Å². The average molecular weight is 430 g/mol. The van der Waals surface area contributed by atoms with E-state index in [1.807, 2.05) is 88.3 Å². The zero-order valence-electron chi connectivity index (χ0n) is 20.4. The third-order valence-corrected chi connectivity index (χ3v) is 4.40. The highest BCUT2D eigenvalue weighted by Crippen LogP contribution is 2.19. The van der Waals surface area contributed by atoms with Gasteiger partial charge in [-0.2, -0.15) is 0 Å². The number of carbonyl (C=O) groups is 1. The van der Waals surface area contributed by atoms with Crippen molar-refractivity contribution in [3.8, 4) is 0 Å². The lowest BCUT2D eigenvalue weighted by Crippen LogP contribution is -2.43. The number of rotatable bonds is 10. The first-order valence-electron chi connectivity index (χ1n) is 10.8. The molecule has 0 aromatic heterocycles. The van der Waals surface area contributed by atoms with Crippen LogP contribution in [0.1, 0.15) is 59.9 Å². The molecule has 0 radical (unpaired) electrons. The first kappa shape index (κ1) is 26.3. The Labute approximate surface area is 188 Å². The molecule has 0 unspecified atom stereocenters. The standard InChI is InChI=1S/C25H39N3O3/c1-9-11-17-23(28(26-7)24(29)31-25(4,5)6)20(3)27(8)18-22(10-2)30-19-21-15-13-12-14-16-21/h11-18,26H,9-10,19H2,1-8H3/b17-11-,22-18+,23-20+. The number of nitrogens with one attached hydrogen (secondary N) is 1. The molecule has 31 heavy (non-hydrogen) atoms. The van der Waals surface area contributed by atoms with Gasteiger partial charge in [0.25, 0.3) is 0 Å². The molecule has 1 aromatic carbocycles. The molecule has 0 fully saturated rings. The summed E-state index contributed by atoms with van der Waals surface area (Å²) in [5.41, 5.74) is 5.06. The number of hydrazine groups is 1. The number of allylic oxidation sites excluding steroid dienone is 4. The molecule has 0 bridgehead atoms. The van der Waals surface area contributed by atoms with Gasteiger partial charge in [0.1, 0.15) is 18.0 Å². The summed E-state index contributed by atoms with van der Waals surface area (Å²) >= 11 is 0. The molecule has 1 rings (SSSR count). The Kier molecular flexibility index (Phi) is 10.9. The lowest BCUT2D eigenvalue weighted by molar-refractivity contribution is 0.0244. The molecule has 1 amide bonds. The Balaban J connectivity index is 3.15. The van der Waals surface area contributed by atoms with Gasteiger partial charge in [-0.15, -0.1) is 0 Å². The van der Waals surface area contributed by atoms with Gasteiger partial charge in [0, 0.05) is 32.4 Å². The number of nitrogens with zero attached hydrogens (tertiary/aromatic N) is 2. The van der Waals surface area contributed by atoms with Gasteiger partial charge in [0.05, 0.1) is 5.70 Å². The van der Waals surface area contributed by atoms with Crippen LogP contribution in [0.25, 0.3) is 0 Å². The third-order valence-electron chi connectivity index (χ3n) is 4.40. The number of benzene rings is 1. The van der Waals surface area contributed by atoms with Crippen molar-refractivity contribution in [2.45, 2.75) is 66.6 Å². The normalized spacial score (nSPS) is 13.1. The van der Waals surface area contributed by atoms with Crippen LogP contribution in [-0.4, -0.2) is 35.7 Å². The van der Waals surface area contributed by atoms with Crippen LogP contribution in [0.15, 0.2) is 65.8 Å². The van der Waals surface area contributed by atoms with Gasteiger partial charge in [-0.25, -0.2) is 15.2 Å². The second-order valence-electron chi connectivity index (χ2n) is 8.15. The molecule has 1 aromatic rings.